The number of alkyl halides is 1. The third-order valence-corrected chi connectivity index (χ3v) is 3.79. The summed E-state index contributed by atoms with van der Waals surface area (Å²) in [5.41, 5.74) is 3.99. The molecule has 1 atom stereocenters. The van der Waals surface area contributed by atoms with Gasteiger partial charge in [-0.15, -0.1) is 0 Å². The van der Waals surface area contributed by atoms with E-state index in [0.29, 0.717) is 0 Å². The van der Waals surface area contributed by atoms with E-state index < -0.39 is 0 Å². The topological polar surface area (TPSA) is 34.9 Å². The van der Waals surface area contributed by atoms with Gasteiger partial charge in [0.15, 0.2) is 5.78 Å². The number of hydrogen-bond donors (Lipinski definition) is 0. The van der Waals surface area contributed by atoms with Crippen molar-refractivity contribution in [1.29, 1.82) is 0 Å². The van der Waals surface area contributed by atoms with E-state index in [1.807, 2.05) is 29.8 Å². The highest BCUT2D eigenvalue weighted by Gasteiger charge is 2.28. The highest BCUT2D eigenvalue weighted by atomic mass is 79.9. The minimum Gasteiger partial charge on any atom is -0.306 e. The molecule has 0 radical (unpaired) electrons. The van der Waals surface area contributed by atoms with Gasteiger partial charge in [0.25, 0.3) is 0 Å². The van der Waals surface area contributed by atoms with Crippen LogP contribution in [-0.4, -0.2) is 20.2 Å². The molecule has 1 aromatic carbocycles. The lowest BCUT2D eigenvalue weighted by molar-refractivity contribution is 0.100. The molecule has 0 aliphatic heterocycles. The molecular weight excluding hydrogens is 280 g/mol. The molecule has 0 N–H and O–H groups in total. The van der Waals surface area contributed by atoms with E-state index in [1.165, 1.54) is 0 Å². The fourth-order valence-electron chi connectivity index (χ4n) is 2.17. The first-order chi connectivity index (χ1) is 8.15. The van der Waals surface area contributed by atoms with Crippen molar-refractivity contribution in [2.24, 2.45) is 0 Å². The van der Waals surface area contributed by atoms with Crippen molar-refractivity contribution in [3.05, 3.63) is 47.5 Å². The van der Waals surface area contributed by atoms with Crippen molar-refractivity contribution in [1.82, 2.24) is 9.55 Å². The van der Waals surface area contributed by atoms with Crippen LogP contribution in [0.25, 0.3) is 5.69 Å². The standard InChI is InChI=1S/C13H11BrN2O/c1-8-6-16(7-15-8)10-2-3-11-9(4-10)5-12(14)13(11)17/h2-4,6-7,12H,5H2,1H3. The second-order valence-corrected chi connectivity index (χ2v) is 5.40. The van der Waals surface area contributed by atoms with Crippen LogP contribution < -0.4 is 0 Å². The molecule has 3 rings (SSSR count). The lowest BCUT2D eigenvalue weighted by Gasteiger charge is -2.04. The first kappa shape index (κ1) is 10.7. The number of hydrogen-bond acceptors (Lipinski definition) is 2. The number of Topliss-reactive ketones (excluding diaryl/α,β-unsaturated/α-hetero) is 1. The van der Waals surface area contributed by atoms with Crippen LogP contribution in [-0.2, 0) is 6.42 Å². The molecule has 0 bridgehead atoms. The average Bonchev–Trinajstić information content (AvgIpc) is 2.85. The summed E-state index contributed by atoms with van der Waals surface area (Å²) in [5.74, 6) is 0.188. The zero-order valence-electron chi connectivity index (χ0n) is 9.35. The molecule has 17 heavy (non-hydrogen) atoms. The summed E-state index contributed by atoms with van der Waals surface area (Å²) in [5, 5.41) is 0. The Morgan fingerprint density at radius 1 is 1.47 bits per heavy atom. The second kappa shape index (κ2) is 3.81. The Bertz CT molecular complexity index is 603. The van der Waals surface area contributed by atoms with E-state index >= 15 is 0 Å². The molecule has 0 saturated carbocycles. The number of rotatable bonds is 1. The quantitative estimate of drug-likeness (QED) is 0.757. The van der Waals surface area contributed by atoms with Crippen molar-refractivity contribution >= 4 is 21.7 Å². The summed E-state index contributed by atoms with van der Waals surface area (Å²) in [7, 11) is 0. The third kappa shape index (κ3) is 1.72. The maximum absolute atomic E-state index is 11.8. The molecule has 3 nitrogen and oxygen atoms in total. The lowest BCUT2D eigenvalue weighted by Crippen LogP contribution is -2.05. The number of nitrogens with zero attached hydrogens (tertiary/aromatic N) is 2. The molecule has 1 heterocycles. The SMILES string of the molecule is Cc1cn(-c2ccc3c(c2)CC(Br)C3=O)cn1. The number of imidazole rings is 1. The molecular formula is C13H11BrN2O. The van der Waals surface area contributed by atoms with Gasteiger partial charge in [-0.2, -0.15) is 0 Å². The third-order valence-electron chi connectivity index (χ3n) is 3.05. The van der Waals surface area contributed by atoms with Crippen LogP contribution in [0.15, 0.2) is 30.7 Å². The van der Waals surface area contributed by atoms with Crippen LogP contribution in [0.2, 0.25) is 0 Å². The highest BCUT2D eigenvalue weighted by Crippen LogP contribution is 2.28. The Morgan fingerprint density at radius 3 is 3.00 bits per heavy atom. The normalized spacial score (nSPS) is 18.5. The summed E-state index contributed by atoms with van der Waals surface area (Å²) < 4.78 is 1.97. The number of benzene rings is 1. The molecule has 86 valence electrons. The Labute approximate surface area is 108 Å². The number of halogens is 1. The number of aryl methyl sites for hydroxylation is 1. The Morgan fingerprint density at radius 2 is 2.29 bits per heavy atom. The predicted molar refractivity (Wildman–Crippen MR) is 69.1 cm³/mol. The van der Waals surface area contributed by atoms with Gasteiger partial charge in [-0.05, 0) is 37.1 Å². The summed E-state index contributed by atoms with van der Waals surface area (Å²) >= 11 is 3.40. The first-order valence-electron chi connectivity index (χ1n) is 5.47. The number of ketones is 1. The Hall–Kier alpha value is -1.42. The van der Waals surface area contributed by atoms with Gasteiger partial charge in [0.05, 0.1) is 16.8 Å². The van der Waals surface area contributed by atoms with E-state index in [4.69, 9.17) is 0 Å². The minimum atomic E-state index is -0.0581. The summed E-state index contributed by atoms with van der Waals surface area (Å²) in [6.45, 7) is 1.96. The van der Waals surface area contributed by atoms with E-state index in [1.54, 1.807) is 6.33 Å². The molecule has 1 aromatic heterocycles. The van der Waals surface area contributed by atoms with Gasteiger partial charge in [0.1, 0.15) is 0 Å². The van der Waals surface area contributed by atoms with Crippen LogP contribution in [0.3, 0.4) is 0 Å². The first-order valence-corrected chi connectivity index (χ1v) is 6.39. The predicted octanol–water partition coefficient (Wildman–Crippen LogP) is 2.68. The maximum Gasteiger partial charge on any atom is 0.177 e. The summed E-state index contributed by atoms with van der Waals surface area (Å²) in [4.78, 5) is 15.9. The van der Waals surface area contributed by atoms with Gasteiger partial charge < -0.3 is 4.57 Å². The van der Waals surface area contributed by atoms with E-state index in [-0.39, 0.29) is 10.6 Å². The van der Waals surface area contributed by atoms with Crippen LogP contribution >= 0.6 is 15.9 Å². The maximum atomic E-state index is 11.8. The molecule has 1 aliphatic carbocycles. The summed E-state index contributed by atoms with van der Waals surface area (Å²) in [6.07, 6.45) is 4.54. The van der Waals surface area contributed by atoms with Gasteiger partial charge in [-0.25, -0.2) is 4.98 Å². The number of carbonyl (C=O) groups is 1. The molecule has 1 unspecified atom stereocenters. The fourth-order valence-corrected chi connectivity index (χ4v) is 2.76. The van der Waals surface area contributed by atoms with Gasteiger partial charge >= 0.3 is 0 Å². The zero-order chi connectivity index (χ0) is 12.0. The van der Waals surface area contributed by atoms with Crippen LogP contribution in [0.4, 0.5) is 0 Å². The average molecular weight is 291 g/mol. The largest absolute Gasteiger partial charge is 0.306 e. The molecule has 0 spiro atoms. The number of carbonyl (C=O) groups excluding carboxylic acids is 1. The Balaban J connectivity index is 2.06. The van der Waals surface area contributed by atoms with Crippen LogP contribution in [0, 0.1) is 6.92 Å². The van der Waals surface area contributed by atoms with Gasteiger partial charge in [-0.3, -0.25) is 4.79 Å². The van der Waals surface area contributed by atoms with Crippen molar-refractivity contribution in [3.63, 3.8) is 0 Å². The smallest absolute Gasteiger partial charge is 0.177 e. The van der Waals surface area contributed by atoms with Gasteiger partial charge in [-0.1, -0.05) is 15.9 Å². The van der Waals surface area contributed by atoms with Gasteiger partial charge in [0.2, 0.25) is 0 Å². The van der Waals surface area contributed by atoms with Crippen molar-refractivity contribution in [2.45, 2.75) is 18.2 Å². The minimum absolute atomic E-state index is 0.0581. The van der Waals surface area contributed by atoms with E-state index in [0.717, 1.165) is 28.9 Å². The van der Waals surface area contributed by atoms with Gasteiger partial charge in [0, 0.05) is 17.4 Å². The van der Waals surface area contributed by atoms with Crippen LogP contribution in [0.1, 0.15) is 21.6 Å². The lowest BCUT2D eigenvalue weighted by atomic mass is 10.1. The number of aromatic nitrogens is 2. The molecule has 4 heteroatoms. The molecule has 0 amide bonds. The number of fused-ring (bicyclic) bond motifs is 1. The fraction of sp³-hybridized carbons (Fsp3) is 0.231. The second-order valence-electron chi connectivity index (χ2n) is 4.30. The molecule has 0 saturated heterocycles. The van der Waals surface area contributed by atoms with Crippen LogP contribution in [0.5, 0.6) is 0 Å². The van der Waals surface area contributed by atoms with Crippen molar-refractivity contribution in [2.75, 3.05) is 0 Å². The summed E-state index contributed by atoms with van der Waals surface area (Å²) in [6, 6.07) is 5.93. The molecule has 2 aromatic rings. The van der Waals surface area contributed by atoms with Crippen molar-refractivity contribution < 1.29 is 4.79 Å². The monoisotopic (exact) mass is 290 g/mol. The van der Waals surface area contributed by atoms with Crippen molar-refractivity contribution in [3.8, 4) is 5.69 Å². The molecule has 1 aliphatic rings. The van der Waals surface area contributed by atoms with E-state index in [9.17, 15) is 4.79 Å². The zero-order valence-corrected chi connectivity index (χ0v) is 10.9. The Kier molecular flexibility index (Phi) is 2.40. The van der Waals surface area contributed by atoms with E-state index in [2.05, 4.69) is 27.0 Å². The highest BCUT2D eigenvalue weighted by molar-refractivity contribution is 9.10. The molecule has 0 fully saturated rings.